The number of nitrogens with two attached hydrogens (primary N) is 1. The molecule has 2 unspecified atom stereocenters. The van der Waals surface area contributed by atoms with Crippen molar-refractivity contribution in [3.8, 4) is 0 Å². The van der Waals surface area contributed by atoms with Gasteiger partial charge in [0.1, 0.15) is 5.69 Å². The number of carbonyl (C=O) groups excluding carboxylic acids is 1. The van der Waals surface area contributed by atoms with Gasteiger partial charge in [0.15, 0.2) is 0 Å². The Morgan fingerprint density at radius 1 is 1.35 bits per heavy atom. The molecule has 1 amide bonds. The third kappa shape index (κ3) is 5.09. The zero-order valence-electron chi connectivity index (χ0n) is 11.0. The second-order valence-electron chi connectivity index (χ2n) is 4.72. The van der Waals surface area contributed by atoms with Crippen LogP contribution < -0.4 is 11.1 Å². The van der Waals surface area contributed by atoms with Gasteiger partial charge in [0, 0.05) is 12.2 Å². The maximum absolute atomic E-state index is 12.0. The molecule has 1 aromatic rings. The lowest BCUT2D eigenvalue weighted by Gasteiger charge is -2.31. The van der Waals surface area contributed by atoms with Gasteiger partial charge in [0.05, 0.1) is 5.02 Å². The number of hydrogen-bond donors (Lipinski definition) is 2. The van der Waals surface area contributed by atoms with Crippen molar-refractivity contribution in [2.75, 3.05) is 6.54 Å². The quantitative estimate of drug-likeness (QED) is 0.889. The molecule has 2 rings (SSSR count). The smallest absolute Gasteiger partial charge is 0.270 e. The molecule has 2 atom stereocenters. The lowest BCUT2D eigenvalue weighted by atomic mass is 9.84. The average Bonchev–Trinajstić information content (AvgIpc) is 2.40. The topological polar surface area (TPSA) is 68.0 Å². The molecule has 1 saturated carbocycles. The fourth-order valence-corrected chi connectivity index (χ4v) is 2.54. The molecule has 0 radical (unpaired) electrons. The average molecular weight is 341 g/mol. The standard InChI is InChI=1S/C13H18ClN3O.2ClH/c14-10-5-6-12(16-8-10)13(18)17-11-4-2-1-3-9(11)7-15;;/h5-6,8-9,11H,1-4,7,15H2,(H,17,18);2*1H. The van der Waals surface area contributed by atoms with E-state index in [-0.39, 0.29) is 36.8 Å². The Hall–Kier alpha value is -0.550. The van der Waals surface area contributed by atoms with Crippen molar-refractivity contribution in [3.05, 3.63) is 29.0 Å². The summed E-state index contributed by atoms with van der Waals surface area (Å²) in [5.41, 5.74) is 6.15. The second kappa shape index (κ2) is 9.40. The molecule has 1 aromatic heterocycles. The maximum Gasteiger partial charge on any atom is 0.270 e. The molecule has 1 aliphatic rings. The Labute approximate surface area is 136 Å². The molecule has 4 nitrogen and oxygen atoms in total. The van der Waals surface area contributed by atoms with E-state index < -0.39 is 0 Å². The molecule has 0 spiro atoms. The summed E-state index contributed by atoms with van der Waals surface area (Å²) in [6.45, 7) is 0.624. The molecule has 0 saturated heterocycles. The van der Waals surface area contributed by atoms with Crippen molar-refractivity contribution in [3.63, 3.8) is 0 Å². The molecule has 1 aliphatic carbocycles. The van der Waals surface area contributed by atoms with E-state index in [1.54, 1.807) is 12.1 Å². The van der Waals surface area contributed by atoms with E-state index in [1.807, 2.05) is 0 Å². The third-order valence-corrected chi connectivity index (χ3v) is 3.71. The van der Waals surface area contributed by atoms with E-state index in [0.29, 0.717) is 23.2 Å². The van der Waals surface area contributed by atoms with Crippen LogP contribution in [0.2, 0.25) is 5.02 Å². The number of carbonyl (C=O) groups is 1. The highest BCUT2D eigenvalue weighted by atomic mass is 35.5. The zero-order chi connectivity index (χ0) is 13.0. The Balaban J connectivity index is 0.00000180. The number of pyridine rings is 1. The summed E-state index contributed by atoms with van der Waals surface area (Å²) in [6.07, 6.45) is 5.93. The number of nitrogens with one attached hydrogen (secondary N) is 1. The van der Waals surface area contributed by atoms with Gasteiger partial charge in [-0.3, -0.25) is 4.79 Å². The normalized spacial score (nSPS) is 21.3. The first-order chi connectivity index (χ1) is 8.70. The van der Waals surface area contributed by atoms with E-state index in [1.165, 1.54) is 12.6 Å². The van der Waals surface area contributed by atoms with Crippen LogP contribution in [0.4, 0.5) is 0 Å². The van der Waals surface area contributed by atoms with Crippen molar-refractivity contribution in [2.24, 2.45) is 11.7 Å². The van der Waals surface area contributed by atoms with Gasteiger partial charge >= 0.3 is 0 Å². The highest BCUT2D eigenvalue weighted by Gasteiger charge is 2.25. The molecule has 114 valence electrons. The maximum atomic E-state index is 12.0. The number of amides is 1. The van der Waals surface area contributed by atoms with Crippen molar-refractivity contribution >= 4 is 42.3 Å². The summed E-state index contributed by atoms with van der Waals surface area (Å²) in [5, 5.41) is 3.56. The lowest BCUT2D eigenvalue weighted by Crippen LogP contribution is -2.44. The zero-order valence-corrected chi connectivity index (χ0v) is 13.4. The van der Waals surface area contributed by atoms with E-state index in [2.05, 4.69) is 10.3 Å². The summed E-state index contributed by atoms with van der Waals surface area (Å²) in [7, 11) is 0. The van der Waals surface area contributed by atoms with Crippen LogP contribution in [0, 0.1) is 5.92 Å². The molecule has 0 aliphatic heterocycles. The highest BCUT2D eigenvalue weighted by molar-refractivity contribution is 6.30. The van der Waals surface area contributed by atoms with Crippen molar-refractivity contribution in [2.45, 2.75) is 31.7 Å². The first-order valence-corrected chi connectivity index (χ1v) is 6.71. The number of hydrogen-bond acceptors (Lipinski definition) is 3. The largest absolute Gasteiger partial charge is 0.348 e. The van der Waals surface area contributed by atoms with Crippen LogP contribution in [-0.4, -0.2) is 23.5 Å². The summed E-state index contributed by atoms with van der Waals surface area (Å²) >= 11 is 5.74. The van der Waals surface area contributed by atoms with Crippen molar-refractivity contribution in [1.82, 2.24) is 10.3 Å². The molecule has 20 heavy (non-hydrogen) atoms. The van der Waals surface area contributed by atoms with E-state index >= 15 is 0 Å². The molecule has 0 aromatic carbocycles. The molecule has 1 heterocycles. The SMILES string of the molecule is Cl.Cl.NCC1CCCCC1NC(=O)c1ccc(Cl)cn1. The summed E-state index contributed by atoms with van der Waals surface area (Å²) in [4.78, 5) is 16.0. The Morgan fingerprint density at radius 3 is 2.65 bits per heavy atom. The van der Waals surface area contributed by atoms with Gasteiger partial charge in [0.2, 0.25) is 0 Å². The van der Waals surface area contributed by atoms with Gasteiger partial charge in [-0.25, -0.2) is 4.98 Å². The van der Waals surface area contributed by atoms with Gasteiger partial charge in [-0.05, 0) is 37.4 Å². The van der Waals surface area contributed by atoms with Gasteiger partial charge in [-0.2, -0.15) is 0 Å². The van der Waals surface area contributed by atoms with Gasteiger partial charge in [-0.1, -0.05) is 24.4 Å². The monoisotopic (exact) mass is 339 g/mol. The van der Waals surface area contributed by atoms with Crippen LogP contribution >= 0.6 is 36.4 Å². The lowest BCUT2D eigenvalue weighted by molar-refractivity contribution is 0.0903. The minimum atomic E-state index is -0.142. The fourth-order valence-electron chi connectivity index (χ4n) is 2.43. The number of aromatic nitrogens is 1. The van der Waals surface area contributed by atoms with Crippen molar-refractivity contribution in [1.29, 1.82) is 0 Å². The summed E-state index contributed by atoms with van der Waals surface area (Å²) < 4.78 is 0. The fraction of sp³-hybridized carbons (Fsp3) is 0.538. The van der Waals surface area contributed by atoms with Gasteiger partial charge < -0.3 is 11.1 Å². The van der Waals surface area contributed by atoms with E-state index in [4.69, 9.17) is 17.3 Å². The molecular formula is C13H20Cl3N3O. The number of rotatable bonds is 3. The minimum Gasteiger partial charge on any atom is -0.348 e. The summed E-state index contributed by atoms with van der Waals surface area (Å²) in [6, 6.07) is 3.48. The first kappa shape index (κ1) is 19.4. The van der Waals surface area contributed by atoms with Crippen molar-refractivity contribution < 1.29 is 4.79 Å². The summed E-state index contributed by atoms with van der Waals surface area (Å²) in [5.74, 6) is 0.243. The van der Waals surface area contributed by atoms with Gasteiger partial charge in [-0.15, -0.1) is 24.8 Å². The van der Waals surface area contributed by atoms with Crippen LogP contribution in [0.3, 0.4) is 0 Å². The Bertz CT molecular complexity index is 414. The molecule has 1 fully saturated rings. The Morgan fingerprint density at radius 2 is 2.05 bits per heavy atom. The Kier molecular flexibility index (Phi) is 9.14. The van der Waals surface area contributed by atoms with Crippen LogP contribution in [0.5, 0.6) is 0 Å². The molecule has 0 bridgehead atoms. The minimum absolute atomic E-state index is 0. The number of nitrogens with zero attached hydrogens (tertiary/aromatic N) is 1. The predicted octanol–water partition coefficient (Wildman–Crippen LogP) is 2.83. The van der Waals surface area contributed by atoms with Crippen LogP contribution in [0.15, 0.2) is 18.3 Å². The number of halogens is 3. The first-order valence-electron chi connectivity index (χ1n) is 6.33. The van der Waals surface area contributed by atoms with E-state index in [0.717, 1.165) is 19.3 Å². The third-order valence-electron chi connectivity index (χ3n) is 3.49. The van der Waals surface area contributed by atoms with E-state index in [9.17, 15) is 4.79 Å². The van der Waals surface area contributed by atoms with Crippen LogP contribution in [0.25, 0.3) is 0 Å². The highest BCUT2D eigenvalue weighted by Crippen LogP contribution is 2.23. The van der Waals surface area contributed by atoms with Crippen LogP contribution in [-0.2, 0) is 0 Å². The molecule has 3 N–H and O–H groups in total. The second-order valence-corrected chi connectivity index (χ2v) is 5.16. The van der Waals surface area contributed by atoms with Gasteiger partial charge in [0.25, 0.3) is 5.91 Å². The predicted molar refractivity (Wildman–Crippen MR) is 86.0 cm³/mol. The van der Waals surface area contributed by atoms with Crippen LogP contribution in [0.1, 0.15) is 36.2 Å². The molecule has 7 heteroatoms. The molecular weight excluding hydrogens is 321 g/mol.